The maximum Gasteiger partial charge on any atom is 0.335 e. The fourth-order valence-corrected chi connectivity index (χ4v) is 2.38. The van der Waals surface area contributed by atoms with Crippen LogP contribution in [-0.2, 0) is 19.1 Å². The molecule has 2 unspecified atom stereocenters. The van der Waals surface area contributed by atoms with Gasteiger partial charge in [0.1, 0.15) is 11.5 Å². The monoisotopic (exact) mass is 395 g/mol. The summed E-state index contributed by atoms with van der Waals surface area (Å²) in [5.74, 6) is 0.313. The van der Waals surface area contributed by atoms with Gasteiger partial charge in [-0.15, -0.1) is 0 Å². The molecule has 0 aromatic heterocycles. The van der Waals surface area contributed by atoms with Gasteiger partial charge in [0.05, 0.1) is 19.9 Å². The van der Waals surface area contributed by atoms with E-state index in [0.29, 0.717) is 29.7 Å². The van der Waals surface area contributed by atoms with Gasteiger partial charge in [0, 0.05) is 12.7 Å². The lowest BCUT2D eigenvalue weighted by molar-refractivity contribution is -0.167. The van der Waals surface area contributed by atoms with Gasteiger partial charge in [0.25, 0.3) is 5.91 Å². The number of rotatable bonds is 11. The molecule has 2 atom stereocenters. The van der Waals surface area contributed by atoms with E-state index in [-0.39, 0.29) is 5.92 Å². The number of methoxy groups -OCH3 is 2. The van der Waals surface area contributed by atoms with E-state index in [2.05, 4.69) is 19.2 Å². The molecule has 0 fully saturated rings. The zero-order valence-electron chi connectivity index (χ0n) is 17.9. The van der Waals surface area contributed by atoms with Crippen LogP contribution in [0.15, 0.2) is 18.2 Å². The second kappa shape index (κ2) is 11.5. The molecule has 1 aromatic carbocycles. The molecule has 0 saturated carbocycles. The van der Waals surface area contributed by atoms with Crippen molar-refractivity contribution in [3.05, 3.63) is 18.2 Å². The topological polar surface area (TPSA) is 83.1 Å². The molecule has 1 aromatic rings. The highest BCUT2D eigenvalue weighted by molar-refractivity contribution is 5.97. The van der Waals surface area contributed by atoms with E-state index in [9.17, 15) is 9.59 Å². The van der Waals surface area contributed by atoms with E-state index in [1.54, 1.807) is 25.1 Å². The highest BCUT2D eigenvalue weighted by Gasteiger charge is 2.29. The van der Waals surface area contributed by atoms with Gasteiger partial charge in [-0.1, -0.05) is 27.7 Å². The van der Waals surface area contributed by atoms with Crippen molar-refractivity contribution in [1.82, 2.24) is 0 Å². The van der Waals surface area contributed by atoms with Gasteiger partial charge in [-0.2, -0.15) is 0 Å². The molecule has 28 heavy (non-hydrogen) atoms. The maximum atomic E-state index is 12.8. The summed E-state index contributed by atoms with van der Waals surface area (Å²) in [6.45, 7) is 9.88. The van der Waals surface area contributed by atoms with Crippen molar-refractivity contribution in [3.8, 4) is 11.5 Å². The number of hydrogen-bond donors (Lipinski definition) is 1. The Bertz CT molecular complexity index is 644. The number of nitrogens with one attached hydrogen (secondary N) is 1. The summed E-state index contributed by atoms with van der Waals surface area (Å²) in [6.07, 6.45) is -0.847. The lowest BCUT2D eigenvalue weighted by Gasteiger charge is -2.23. The molecule has 1 N–H and O–H groups in total. The summed E-state index contributed by atoms with van der Waals surface area (Å²) >= 11 is 0. The molecule has 0 aliphatic heterocycles. The molecule has 1 amide bonds. The molecule has 0 saturated heterocycles. The summed E-state index contributed by atoms with van der Waals surface area (Å²) < 4.78 is 21.4. The largest absolute Gasteiger partial charge is 0.497 e. The van der Waals surface area contributed by atoms with Crippen LogP contribution in [0.3, 0.4) is 0 Å². The molecule has 0 aliphatic carbocycles. The Labute approximate surface area is 167 Å². The zero-order chi connectivity index (χ0) is 21.3. The van der Waals surface area contributed by atoms with Crippen molar-refractivity contribution >= 4 is 17.6 Å². The second-order valence-electron chi connectivity index (χ2n) is 7.35. The Morgan fingerprint density at radius 1 is 1.04 bits per heavy atom. The van der Waals surface area contributed by atoms with Gasteiger partial charge >= 0.3 is 5.97 Å². The van der Waals surface area contributed by atoms with Crippen LogP contribution in [0.5, 0.6) is 11.5 Å². The van der Waals surface area contributed by atoms with E-state index < -0.39 is 24.1 Å². The molecular formula is C21H33NO6. The van der Waals surface area contributed by atoms with Crippen molar-refractivity contribution in [3.63, 3.8) is 0 Å². The molecule has 1 rings (SSSR count). The Kier molecular flexibility index (Phi) is 9.79. The molecule has 158 valence electrons. The third-order valence-electron chi connectivity index (χ3n) is 4.17. The quantitative estimate of drug-likeness (QED) is 0.576. The SMILES string of the molecule is COc1ccc(OC)c(NC(=O)C(OC(=O)C(C)OCCC(C)C)C(C)C)c1. The smallest absolute Gasteiger partial charge is 0.335 e. The first-order valence-corrected chi connectivity index (χ1v) is 9.54. The van der Waals surface area contributed by atoms with Crippen LogP contribution in [-0.4, -0.2) is 44.9 Å². The van der Waals surface area contributed by atoms with E-state index >= 15 is 0 Å². The fraction of sp³-hybridized carbons (Fsp3) is 0.619. The van der Waals surface area contributed by atoms with Crippen LogP contribution in [0.4, 0.5) is 5.69 Å². The first-order chi connectivity index (χ1) is 13.2. The van der Waals surface area contributed by atoms with Crippen LogP contribution >= 0.6 is 0 Å². The Hall–Kier alpha value is -2.28. The highest BCUT2D eigenvalue weighted by Crippen LogP contribution is 2.29. The summed E-state index contributed by atoms with van der Waals surface area (Å²) in [5.41, 5.74) is 0.440. The van der Waals surface area contributed by atoms with Crippen molar-refractivity contribution in [2.75, 3.05) is 26.1 Å². The van der Waals surface area contributed by atoms with Crippen molar-refractivity contribution < 1.29 is 28.5 Å². The summed E-state index contributed by atoms with van der Waals surface area (Å²) in [4.78, 5) is 25.1. The number of hydrogen-bond acceptors (Lipinski definition) is 6. The standard InChI is InChI=1S/C21H33NO6/c1-13(2)10-11-27-15(5)21(24)28-19(14(3)4)20(23)22-17-12-16(25-6)8-9-18(17)26-7/h8-9,12-15,19H,10-11H2,1-7H3,(H,22,23). The normalized spacial score (nSPS) is 13.2. The molecule has 0 bridgehead atoms. The molecule has 0 radical (unpaired) electrons. The number of benzene rings is 1. The maximum absolute atomic E-state index is 12.8. The minimum absolute atomic E-state index is 0.219. The first-order valence-electron chi connectivity index (χ1n) is 9.54. The summed E-state index contributed by atoms with van der Waals surface area (Å²) in [6, 6.07) is 5.06. The molecule has 0 spiro atoms. The predicted octanol–water partition coefficient (Wildman–Crippen LogP) is 3.66. The summed E-state index contributed by atoms with van der Waals surface area (Å²) in [5, 5.41) is 2.76. The predicted molar refractivity (Wildman–Crippen MR) is 108 cm³/mol. The third kappa shape index (κ3) is 7.38. The van der Waals surface area contributed by atoms with Gasteiger partial charge in [0.2, 0.25) is 0 Å². The molecule has 7 nitrogen and oxygen atoms in total. The first kappa shape index (κ1) is 23.8. The van der Waals surface area contributed by atoms with E-state index in [0.717, 1.165) is 6.42 Å². The Balaban J connectivity index is 2.80. The number of ether oxygens (including phenoxy) is 4. The van der Waals surface area contributed by atoms with Gasteiger partial charge in [0.15, 0.2) is 12.2 Å². The van der Waals surface area contributed by atoms with Gasteiger partial charge < -0.3 is 24.3 Å². The Morgan fingerprint density at radius 3 is 2.25 bits per heavy atom. The second-order valence-corrected chi connectivity index (χ2v) is 7.35. The Morgan fingerprint density at radius 2 is 1.71 bits per heavy atom. The fourth-order valence-electron chi connectivity index (χ4n) is 2.38. The lowest BCUT2D eigenvalue weighted by Crippen LogP contribution is -2.39. The van der Waals surface area contributed by atoms with Gasteiger partial charge in [-0.3, -0.25) is 4.79 Å². The van der Waals surface area contributed by atoms with Gasteiger partial charge in [-0.05, 0) is 37.3 Å². The van der Waals surface area contributed by atoms with Crippen molar-refractivity contribution in [2.24, 2.45) is 11.8 Å². The van der Waals surface area contributed by atoms with Crippen LogP contribution in [0.25, 0.3) is 0 Å². The molecule has 7 heteroatoms. The molecule has 0 aliphatic rings. The van der Waals surface area contributed by atoms with Gasteiger partial charge in [-0.25, -0.2) is 4.79 Å². The minimum atomic E-state index is -0.959. The van der Waals surface area contributed by atoms with Crippen molar-refractivity contribution in [1.29, 1.82) is 0 Å². The number of esters is 1. The van der Waals surface area contributed by atoms with E-state index in [1.165, 1.54) is 14.2 Å². The molecular weight excluding hydrogens is 362 g/mol. The summed E-state index contributed by atoms with van der Waals surface area (Å²) in [7, 11) is 3.04. The van der Waals surface area contributed by atoms with E-state index in [4.69, 9.17) is 18.9 Å². The zero-order valence-corrected chi connectivity index (χ0v) is 17.9. The van der Waals surface area contributed by atoms with Crippen LogP contribution in [0.2, 0.25) is 0 Å². The van der Waals surface area contributed by atoms with E-state index in [1.807, 2.05) is 13.8 Å². The number of carbonyl (C=O) groups is 2. The molecule has 0 heterocycles. The lowest BCUT2D eigenvalue weighted by atomic mass is 10.1. The van der Waals surface area contributed by atoms with Crippen LogP contribution < -0.4 is 14.8 Å². The third-order valence-corrected chi connectivity index (χ3v) is 4.17. The number of carbonyl (C=O) groups excluding carboxylic acids is 2. The van der Waals surface area contributed by atoms with Crippen LogP contribution in [0.1, 0.15) is 41.0 Å². The van der Waals surface area contributed by atoms with Crippen molar-refractivity contribution in [2.45, 2.75) is 53.2 Å². The highest BCUT2D eigenvalue weighted by atomic mass is 16.6. The number of anilines is 1. The average molecular weight is 395 g/mol. The van der Waals surface area contributed by atoms with Crippen LogP contribution in [0, 0.1) is 11.8 Å². The average Bonchev–Trinajstić information content (AvgIpc) is 2.64. The minimum Gasteiger partial charge on any atom is -0.497 e. The number of amides is 1.